The number of carboxylic acids is 1. The van der Waals surface area contributed by atoms with Crippen LogP contribution in [-0.2, 0) is 4.79 Å². The molecular weight excluding hydrogens is 190 g/mol. The summed E-state index contributed by atoms with van der Waals surface area (Å²) in [7, 11) is 0. The Bertz CT molecular complexity index is 285. The SMILES string of the molecule is C[C@@H]1CCCC=C1N1CCC[C@H]1C(=O)O. The molecule has 0 aromatic rings. The number of hydrogen-bond acceptors (Lipinski definition) is 2. The van der Waals surface area contributed by atoms with Crippen molar-refractivity contribution in [2.24, 2.45) is 5.92 Å². The van der Waals surface area contributed by atoms with Crippen LogP contribution in [0.5, 0.6) is 0 Å². The molecular formula is C12H19NO2. The van der Waals surface area contributed by atoms with Crippen molar-refractivity contribution in [3.05, 3.63) is 11.8 Å². The summed E-state index contributed by atoms with van der Waals surface area (Å²) in [6, 6.07) is -0.267. The number of aliphatic carboxylic acids is 1. The Morgan fingerprint density at radius 3 is 2.93 bits per heavy atom. The summed E-state index contributed by atoms with van der Waals surface area (Å²) >= 11 is 0. The van der Waals surface area contributed by atoms with Crippen molar-refractivity contribution in [1.82, 2.24) is 4.90 Å². The molecule has 1 fully saturated rings. The van der Waals surface area contributed by atoms with Crippen LogP contribution < -0.4 is 0 Å². The van der Waals surface area contributed by atoms with Gasteiger partial charge in [-0.15, -0.1) is 0 Å². The average molecular weight is 209 g/mol. The fourth-order valence-corrected chi connectivity index (χ4v) is 2.76. The fourth-order valence-electron chi connectivity index (χ4n) is 2.76. The minimum atomic E-state index is -0.661. The summed E-state index contributed by atoms with van der Waals surface area (Å²) in [6.45, 7) is 3.13. The van der Waals surface area contributed by atoms with Gasteiger partial charge in [0, 0.05) is 12.2 Å². The molecule has 0 spiro atoms. The summed E-state index contributed by atoms with van der Waals surface area (Å²) in [4.78, 5) is 13.2. The van der Waals surface area contributed by atoms with Crippen LogP contribution in [0.1, 0.15) is 39.0 Å². The standard InChI is InChI=1S/C12H19NO2/c1-9-5-2-3-6-10(9)13-8-4-7-11(13)12(14)15/h6,9,11H,2-5,7-8H2,1H3,(H,14,15)/t9-,11+/m1/s1. The third kappa shape index (κ3) is 2.01. The Labute approximate surface area is 90.8 Å². The fraction of sp³-hybridized carbons (Fsp3) is 0.750. The highest BCUT2D eigenvalue weighted by Crippen LogP contribution is 2.32. The molecule has 1 N–H and O–H groups in total. The first kappa shape index (κ1) is 10.5. The van der Waals surface area contributed by atoms with Crippen LogP contribution in [0, 0.1) is 5.92 Å². The van der Waals surface area contributed by atoms with Crippen molar-refractivity contribution < 1.29 is 9.90 Å². The normalized spacial score (nSPS) is 31.5. The van der Waals surface area contributed by atoms with Gasteiger partial charge in [0.25, 0.3) is 0 Å². The highest BCUT2D eigenvalue weighted by atomic mass is 16.4. The van der Waals surface area contributed by atoms with E-state index in [2.05, 4.69) is 17.9 Å². The van der Waals surface area contributed by atoms with Gasteiger partial charge in [0.05, 0.1) is 0 Å². The zero-order valence-corrected chi connectivity index (χ0v) is 9.28. The van der Waals surface area contributed by atoms with E-state index in [-0.39, 0.29) is 6.04 Å². The molecule has 2 aliphatic rings. The van der Waals surface area contributed by atoms with Gasteiger partial charge in [0.15, 0.2) is 0 Å². The molecule has 2 rings (SSSR count). The summed E-state index contributed by atoms with van der Waals surface area (Å²) < 4.78 is 0. The molecule has 0 unspecified atom stereocenters. The molecule has 0 aromatic carbocycles. The van der Waals surface area contributed by atoms with Crippen LogP contribution >= 0.6 is 0 Å². The van der Waals surface area contributed by atoms with Crippen LogP contribution in [-0.4, -0.2) is 28.6 Å². The van der Waals surface area contributed by atoms with Gasteiger partial charge in [-0.2, -0.15) is 0 Å². The number of allylic oxidation sites excluding steroid dienone is 2. The molecule has 3 nitrogen and oxygen atoms in total. The van der Waals surface area contributed by atoms with Crippen molar-refractivity contribution in [3.8, 4) is 0 Å². The van der Waals surface area contributed by atoms with E-state index in [0.717, 1.165) is 25.8 Å². The minimum absolute atomic E-state index is 0.267. The molecule has 0 bridgehead atoms. The van der Waals surface area contributed by atoms with Gasteiger partial charge < -0.3 is 10.0 Å². The topological polar surface area (TPSA) is 40.5 Å². The molecule has 15 heavy (non-hydrogen) atoms. The summed E-state index contributed by atoms with van der Waals surface area (Å²) in [6.07, 6.45) is 7.63. The van der Waals surface area contributed by atoms with Crippen LogP contribution in [0.3, 0.4) is 0 Å². The zero-order valence-electron chi connectivity index (χ0n) is 9.28. The first-order valence-corrected chi connectivity index (χ1v) is 5.89. The average Bonchev–Trinajstić information content (AvgIpc) is 2.67. The van der Waals surface area contributed by atoms with E-state index in [1.807, 2.05) is 0 Å². The lowest BCUT2D eigenvalue weighted by Gasteiger charge is -2.32. The van der Waals surface area contributed by atoms with Gasteiger partial charge in [-0.1, -0.05) is 13.0 Å². The van der Waals surface area contributed by atoms with Crippen molar-refractivity contribution in [2.45, 2.75) is 45.1 Å². The molecule has 0 saturated carbocycles. The maximum atomic E-state index is 11.1. The quantitative estimate of drug-likeness (QED) is 0.758. The number of hydrogen-bond donors (Lipinski definition) is 1. The summed E-state index contributed by atoms with van der Waals surface area (Å²) in [5.74, 6) is -0.120. The molecule has 2 atom stereocenters. The second kappa shape index (κ2) is 4.25. The Hall–Kier alpha value is -0.990. The van der Waals surface area contributed by atoms with Gasteiger partial charge in [-0.05, 0) is 38.0 Å². The molecule has 1 saturated heterocycles. The van der Waals surface area contributed by atoms with E-state index in [1.165, 1.54) is 18.5 Å². The van der Waals surface area contributed by atoms with Gasteiger partial charge in [-0.3, -0.25) is 0 Å². The van der Waals surface area contributed by atoms with E-state index in [4.69, 9.17) is 5.11 Å². The van der Waals surface area contributed by atoms with Gasteiger partial charge >= 0.3 is 5.97 Å². The lowest BCUT2D eigenvalue weighted by Crippen LogP contribution is -2.37. The van der Waals surface area contributed by atoms with Crippen molar-refractivity contribution >= 4 is 5.97 Å². The molecule has 0 radical (unpaired) electrons. The number of carboxylic acid groups (broad SMARTS) is 1. The van der Waals surface area contributed by atoms with Crippen LogP contribution in [0.25, 0.3) is 0 Å². The first-order chi connectivity index (χ1) is 7.20. The van der Waals surface area contributed by atoms with E-state index >= 15 is 0 Å². The summed E-state index contributed by atoms with van der Waals surface area (Å²) in [5.41, 5.74) is 1.28. The van der Waals surface area contributed by atoms with Gasteiger partial charge in [0.1, 0.15) is 6.04 Å². The van der Waals surface area contributed by atoms with E-state index in [0.29, 0.717) is 5.92 Å². The largest absolute Gasteiger partial charge is 0.480 e. The second-order valence-electron chi connectivity index (χ2n) is 4.65. The molecule has 1 aliphatic heterocycles. The Morgan fingerprint density at radius 1 is 1.47 bits per heavy atom. The Kier molecular flexibility index (Phi) is 2.98. The smallest absolute Gasteiger partial charge is 0.326 e. The van der Waals surface area contributed by atoms with E-state index in [9.17, 15) is 4.79 Å². The van der Waals surface area contributed by atoms with E-state index < -0.39 is 5.97 Å². The van der Waals surface area contributed by atoms with Crippen molar-refractivity contribution in [2.75, 3.05) is 6.54 Å². The molecule has 1 heterocycles. The second-order valence-corrected chi connectivity index (χ2v) is 4.65. The number of rotatable bonds is 2. The molecule has 1 aliphatic carbocycles. The van der Waals surface area contributed by atoms with Gasteiger partial charge in [0.2, 0.25) is 0 Å². The number of likely N-dealkylation sites (tertiary alicyclic amines) is 1. The van der Waals surface area contributed by atoms with E-state index in [1.54, 1.807) is 0 Å². The predicted octanol–water partition coefficient (Wildman–Crippen LogP) is 2.24. The summed E-state index contributed by atoms with van der Waals surface area (Å²) in [5, 5.41) is 9.13. The third-order valence-corrected chi connectivity index (χ3v) is 3.57. The number of carbonyl (C=O) groups is 1. The third-order valence-electron chi connectivity index (χ3n) is 3.57. The number of nitrogens with zero attached hydrogens (tertiary/aromatic N) is 1. The van der Waals surface area contributed by atoms with Crippen molar-refractivity contribution in [1.29, 1.82) is 0 Å². The molecule has 0 aromatic heterocycles. The van der Waals surface area contributed by atoms with Crippen LogP contribution in [0.4, 0.5) is 0 Å². The Balaban J connectivity index is 2.15. The zero-order chi connectivity index (χ0) is 10.8. The highest BCUT2D eigenvalue weighted by Gasteiger charge is 2.33. The maximum absolute atomic E-state index is 11.1. The highest BCUT2D eigenvalue weighted by molar-refractivity contribution is 5.74. The minimum Gasteiger partial charge on any atom is -0.480 e. The van der Waals surface area contributed by atoms with Gasteiger partial charge in [-0.25, -0.2) is 4.79 Å². The van der Waals surface area contributed by atoms with Crippen molar-refractivity contribution in [3.63, 3.8) is 0 Å². The predicted molar refractivity (Wildman–Crippen MR) is 58.5 cm³/mol. The monoisotopic (exact) mass is 209 g/mol. The van der Waals surface area contributed by atoms with Crippen LogP contribution in [0.2, 0.25) is 0 Å². The Morgan fingerprint density at radius 2 is 2.27 bits per heavy atom. The van der Waals surface area contributed by atoms with Crippen LogP contribution in [0.15, 0.2) is 11.8 Å². The maximum Gasteiger partial charge on any atom is 0.326 e. The lowest BCUT2D eigenvalue weighted by atomic mass is 9.93. The molecule has 84 valence electrons. The lowest BCUT2D eigenvalue weighted by molar-refractivity contribution is -0.141. The molecule has 0 amide bonds. The first-order valence-electron chi connectivity index (χ1n) is 5.89. The molecule has 3 heteroatoms.